The molecule has 10 heteroatoms. The molecule has 1 aliphatic carbocycles. The first-order valence-electron chi connectivity index (χ1n) is 13.5. The molecule has 1 saturated carbocycles. The maximum Gasteiger partial charge on any atom is 0.420 e. The number of rotatable bonds is 5. The minimum Gasteiger partial charge on any atom is -0.490 e. The van der Waals surface area contributed by atoms with Crippen molar-refractivity contribution in [3.8, 4) is 5.75 Å². The van der Waals surface area contributed by atoms with Gasteiger partial charge >= 0.3 is 12.4 Å². The van der Waals surface area contributed by atoms with Gasteiger partial charge in [0.1, 0.15) is 11.3 Å². The summed E-state index contributed by atoms with van der Waals surface area (Å²) in [6, 6.07) is 8.18. The molecule has 3 aliphatic rings. The molecule has 2 aliphatic heterocycles. The highest BCUT2D eigenvalue weighted by Gasteiger charge is 2.43. The van der Waals surface area contributed by atoms with Crippen molar-refractivity contribution in [1.29, 1.82) is 0 Å². The third-order valence-corrected chi connectivity index (χ3v) is 8.58. The number of benzene rings is 2. The van der Waals surface area contributed by atoms with Crippen molar-refractivity contribution in [1.82, 2.24) is 9.80 Å². The molecule has 0 amide bonds. The van der Waals surface area contributed by atoms with Crippen molar-refractivity contribution < 1.29 is 36.2 Å². The van der Waals surface area contributed by atoms with Gasteiger partial charge in [-0.15, -0.1) is 0 Å². The quantitative estimate of drug-likeness (QED) is 0.452. The van der Waals surface area contributed by atoms with E-state index in [0.717, 1.165) is 44.6 Å². The lowest BCUT2D eigenvalue weighted by molar-refractivity contribution is -0.185. The lowest BCUT2D eigenvalue weighted by atomic mass is 9.87. The number of nitrogens with zero attached hydrogens (tertiary/aromatic N) is 2. The van der Waals surface area contributed by atoms with Gasteiger partial charge in [0.2, 0.25) is 0 Å². The number of hydrogen-bond acceptors (Lipinski definition) is 4. The Balaban J connectivity index is 1.32. The van der Waals surface area contributed by atoms with Gasteiger partial charge in [-0.3, -0.25) is 9.80 Å². The molecule has 2 saturated heterocycles. The molecule has 0 unspecified atom stereocenters. The lowest BCUT2D eigenvalue weighted by Gasteiger charge is -2.47. The Kier molecular flexibility index (Phi) is 7.86. The standard InChI is InChI=1S/C28H34F6N2O2/c29-27(30,31)21-5-7-22(8-6-21)38-25-10-4-19-14-18(3-9-23(19)26(25)28(32,33)34)15-35-12-13-36-11-1-2-20(17-37)24(36)16-35/h3-4,9-10,14,20-22,24,37H,1-2,5-8,11-13,15-17H2/t20-,21?,22?,24+/m1/s1. The lowest BCUT2D eigenvalue weighted by Crippen LogP contribution is -2.58. The highest BCUT2D eigenvalue weighted by Crippen LogP contribution is 2.44. The van der Waals surface area contributed by atoms with Crippen molar-refractivity contribution in [3.05, 3.63) is 41.5 Å². The Bertz CT molecular complexity index is 1110. The second-order valence-corrected chi connectivity index (χ2v) is 11.0. The Labute approximate surface area is 218 Å². The summed E-state index contributed by atoms with van der Waals surface area (Å²) in [7, 11) is 0. The average Bonchev–Trinajstić information content (AvgIpc) is 2.87. The van der Waals surface area contributed by atoms with E-state index in [1.165, 1.54) is 12.1 Å². The van der Waals surface area contributed by atoms with Gasteiger partial charge in [-0.25, -0.2) is 0 Å². The summed E-state index contributed by atoms with van der Waals surface area (Å²) >= 11 is 0. The maximum absolute atomic E-state index is 14.2. The molecule has 5 rings (SSSR count). The van der Waals surface area contributed by atoms with Crippen LogP contribution in [0.1, 0.15) is 49.7 Å². The number of hydrogen-bond donors (Lipinski definition) is 1. The van der Waals surface area contributed by atoms with Crippen molar-refractivity contribution in [2.75, 3.05) is 32.8 Å². The van der Waals surface area contributed by atoms with E-state index < -0.39 is 29.9 Å². The van der Waals surface area contributed by atoms with Crippen LogP contribution in [0.4, 0.5) is 26.3 Å². The zero-order chi connectivity index (χ0) is 27.1. The third-order valence-electron chi connectivity index (χ3n) is 8.58. The van der Waals surface area contributed by atoms with Crippen LogP contribution < -0.4 is 4.74 Å². The normalized spacial score (nSPS) is 27.9. The third kappa shape index (κ3) is 5.92. The number of ether oxygens (including phenoxy) is 1. The molecule has 0 spiro atoms. The van der Waals surface area contributed by atoms with Crippen LogP contribution in [-0.4, -0.2) is 66.0 Å². The topological polar surface area (TPSA) is 35.9 Å². The van der Waals surface area contributed by atoms with E-state index >= 15 is 0 Å². The first-order chi connectivity index (χ1) is 18.0. The van der Waals surface area contributed by atoms with E-state index in [0.29, 0.717) is 18.0 Å². The van der Waals surface area contributed by atoms with Gasteiger partial charge < -0.3 is 9.84 Å². The first-order valence-corrected chi connectivity index (χ1v) is 13.5. The number of aliphatic hydroxyl groups excluding tert-OH is 1. The SMILES string of the molecule is OC[C@H]1CCCN2CCN(Cc3ccc4c(C(F)(F)F)c(OC5CCC(C(F)(F)F)CC5)ccc4c3)C[C@@H]12. The van der Waals surface area contributed by atoms with Crippen LogP contribution in [0.5, 0.6) is 5.75 Å². The Morgan fingerprint density at radius 1 is 0.895 bits per heavy atom. The summed E-state index contributed by atoms with van der Waals surface area (Å²) in [6.07, 6.45) is -7.66. The van der Waals surface area contributed by atoms with Gasteiger partial charge in [0, 0.05) is 38.8 Å². The smallest absolute Gasteiger partial charge is 0.420 e. The number of alkyl halides is 6. The summed E-state index contributed by atoms with van der Waals surface area (Å²) in [4.78, 5) is 4.74. The minimum atomic E-state index is -4.67. The Hall–Kier alpha value is -2.04. The zero-order valence-electron chi connectivity index (χ0n) is 21.2. The fraction of sp³-hybridized carbons (Fsp3) is 0.643. The van der Waals surface area contributed by atoms with Crippen LogP contribution in [0.3, 0.4) is 0 Å². The molecular weight excluding hydrogens is 510 g/mol. The number of halogens is 6. The Morgan fingerprint density at radius 3 is 2.34 bits per heavy atom. The van der Waals surface area contributed by atoms with Gasteiger partial charge in [-0.05, 0) is 79.5 Å². The van der Waals surface area contributed by atoms with E-state index in [1.807, 2.05) is 0 Å². The largest absolute Gasteiger partial charge is 0.490 e. The molecule has 2 aromatic carbocycles. The molecule has 2 aromatic rings. The molecule has 38 heavy (non-hydrogen) atoms. The zero-order valence-corrected chi connectivity index (χ0v) is 21.2. The van der Waals surface area contributed by atoms with Crippen LogP contribution in [0.2, 0.25) is 0 Å². The van der Waals surface area contributed by atoms with Crippen molar-refractivity contribution in [3.63, 3.8) is 0 Å². The predicted octanol–water partition coefficient (Wildman–Crippen LogP) is 6.25. The van der Waals surface area contributed by atoms with Crippen LogP contribution >= 0.6 is 0 Å². The average molecular weight is 545 g/mol. The van der Waals surface area contributed by atoms with E-state index in [9.17, 15) is 31.4 Å². The monoisotopic (exact) mass is 544 g/mol. The molecule has 210 valence electrons. The molecule has 4 nitrogen and oxygen atoms in total. The van der Waals surface area contributed by atoms with Gasteiger partial charge in [0.25, 0.3) is 0 Å². The van der Waals surface area contributed by atoms with Crippen LogP contribution in [0.25, 0.3) is 10.8 Å². The van der Waals surface area contributed by atoms with Crippen LogP contribution in [-0.2, 0) is 12.7 Å². The van der Waals surface area contributed by atoms with E-state index in [1.54, 1.807) is 18.2 Å². The summed E-state index contributed by atoms with van der Waals surface area (Å²) in [5.41, 5.74) is 0.0377. The highest BCUT2D eigenvalue weighted by molar-refractivity contribution is 5.89. The maximum atomic E-state index is 14.2. The molecule has 1 N–H and O–H groups in total. The molecule has 2 atom stereocenters. The van der Waals surface area contributed by atoms with Gasteiger partial charge in [-0.1, -0.05) is 18.2 Å². The second-order valence-electron chi connectivity index (χ2n) is 11.0. The summed E-state index contributed by atoms with van der Waals surface area (Å²) in [5, 5.41) is 10.3. The van der Waals surface area contributed by atoms with E-state index in [-0.39, 0.29) is 49.3 Å². The van der Waals surface area contributed by atoms with Crippen LogP contribution in [0, 0.1) is 11.8 Å². The van der Waals surface area contributed by atoms with Crippen molar-refractivity contribution in [2.45, 2.75) is 69.6 Å². The van der Waals surface area contributed by atoms with E-state index in [4.69, 9.17) is 4.74 Å². The van der Waals surface area contributed by atoms with Gasteiger partial charge in [-0.2, -0.15) is 26.3 Å². The number of piperidine rings is 1. The molecule has 2 heterocycles. The number of piperazine rings is 1. The first kappa shape index (κ1) is 27.5. The molecule has 3 fully saturated rings. The molecule has 0 radical (unpaired) electrons. The second kappa shape index (κ2) is 10.8. The molecule has 0 bridgehead atoms. The van der Waals surface area contributed by atoms with Gasteiger partial charge in [0.05, 0.1) is 12.0 Å². The van der Waals surface area contributed by atoms with Crippen LogP contribution in [0.15, 0.2) is 30.3 Å². The minimum absolute atomic E-state index is 0.0279. The van der Waals surface area contributed by atoms with E-state index in [2.05, 4.69) is 9.80 Å². The number of fused-ring (bicyclic) bond motifs is 2. The predicted molar refractivity (Wildman–Crippen MR) is 132 cm³/mol. The summed E-state index contributed by atoms with van der Waals surface area (Å²) in [6.45, 7) is 4.42. The number of aliphatic hydroxyl groups is 1. The highest BCUT2D eigenvalue weighted by atomic mass is 19.4. The molecule has 0 aromatic heterocycles. The van der Waals surface area contributed by atoms with Gasteiger partial charge in [0.15, 0.2) is 0 Å². The molecular formula is C28H34F6N2O2. The summed E-state index contributed by atoms with van der Waals surface area (Å²) in [5.74, 6) is -1.49. The fourth-order valence-electron chi connectivity index (χ4n) is 6.53. The Morgan fingerprint density at radius 2 is 1.66 bits per heavy atom. The van der Waals surface area contributed by atoms with Crippen molar-refractivity contribution in [2.24, 2.45) is 11.8 Å². The fourth-order valence-corrected chi connectivity index (χ4v) is 6.53. The summed E-state index contributed by atoms with van der Waals surface area (Å²) < 4.78 is 87.2. The van der Waals surface area contributed by atoms with Crippen molar-refractivity contribution >= 4 is 10.8 Å².